The maximum atomic E-state index is 11.5. The molecule has 4 aliphatic carbocycles. The molecule has 20 heteroatoms. The SMILES string of the molecule is C.COC(=O)c1ccc2c(c1)CCC/C2=N\O.COC(=O)c1ccc2c(c1)CCCC2=O.COC(=O)c1ccc2c(c1)CCCC2N.Cl.Cl.Cl.NO.O.O=C(O)c1ccc2c(c1)CCCC2=O.[CH3-].[Pd]. The number of halogens is 3. The van der Waals surface area contributed by atoms with E-state index >= 15 is 0 Å². The number of oxime groups is 1. The second kappa shape index (κ2) is 35.1. The summed E-state index contributed by atoms with van der Waals surface area (Å²) in [6, 6.07) is 20.9. The van der Waals surface area contributed by atoms with E-state index in [0.29, 0.717) is 40.8 Å². The molecule has 0 spiro atoms. The van der Waals surface area contributed by atoms with E-state index in [1.54, 1.807) is 42.5 Å². The fourth-order valence-corrected chi connectivity index (χ4v) is 7.78. The van der Waals surface area contributed by atoms with E-state index in [1.165, 1.54) is 38.5 Å². The molecule has 1 atom stereocenters. The van der Waals surface area contributed by atoms with Crippen LogP contribution in [0.25, 0.3) is 0 Å². The standard InChI is InChI=1S/C12H13NO3.C12H15NO2.C12H12O3.C11H10O3.CH4.CH3.3ClH.H3NO.H2O.Pd/c1-16-12(14)9-5-6-10-8(7-9)3-2-4-11(10)13-15;2*1-15-12(14)9-5-6-10-8(7-9)3-2-4-11(10)13;12-10-3-1-2-7-6-8(11(13)14)4-5-9(7)10;;;;;;1-2;;/h5-7,15H,2-4H2,1H3;5-7,11H,2-4,13H2,1H3;5-7H,2-4H2,1H3;4-6H,1-3H2,(H,13,14);1H4;1H3;3*1H;2H,1H2;1H2;/q;;;;;-1;;;;;;/b13-11+;;;;;;;;;;;. The number of fused-ring (bicyclic) bond motifs is 4. The van der Waals surface area contributed by atoms with Gasteiger partial charge in [-0.2, -0.15) is 0 Å². The molecule has 16 nitrogen and oxygen atoms in total. The Morgan fingerprint density at radius 1 is 0.565 bits per heavy atom. The molecular formula is C49H65Cl3N3O13Pd-. The summed E-state index contributed by atoms with van der Waals surface area (Å²) < 4.78 is 14.0. The van der Waals surface area contributed by atoms with Crippen LogP contribution in [0.1, 0.15) is 160 Å². The van der Waals surface area contributed by atoms with Crippen LogP contribution in [0.15, 0.2) is 78.0 Å². The van der Waals surface area contributed by atoms with Gasteiger partial charge in [0.2, 0.25) is 0 Å². The first-order valence-electron chi connectivity index (χ1n) is 20.2. The summed E-state index contributed by atoms with van der Waals surface area (Å²) in [5, 5.41) is 27.4. The smallest absolute Gasteiger partial charge is 0.337 e. The average molecular weight is 1120 g/mol. The van der Waals surface area contributed by atoms with Gasteiger partial charge in [-0.25, -0.2) is 25.1 Å². The molecule has 0 fully saturated rings. The third-order valence-corrected chi connectivity index (χ3v) is 10.9. The van der Waals surface area contributed by atoms with Gasteiger partial charge in [-0.3, -0.25) is 9.59 Å². The van der Waals surface area contributed by atoms with Gasteiger partial charge in [-0.15, -0.1) is 37.2 Å². The van der Waals surface area contributed by atoms with Crippen LogP contribution in [0.3, 0.4) is 0 Å². The van der Waals surface area contributed by atoms with Crippen molar-refractivity contribution < 1.29 is 84.4 Å². The van der Waals surface area contributed by atoms with Gasteiger partial charge in [-0.1, -0.05) is 36.8 Å². The van der Waals surface area contributed by atoms with Gasteiger partial charge >= 0.3 is 23.9 Å². The van der Waals surface area contributed by atoms with E-state index in [9.17, 15) is 28.8 Å². The number of carbonyl (C=O) groups is 6. The summed E-state index contributed by atoms with van der Waals surface area (Å²) in [5.41, 5.74) is 16.3. The van der Waals surface area contributed by atoms with Crippen molar-refractivity contribution in [2.45, 2.75) is 90.5 Å². The van der Waals surface area contributed by atoms with Crippen LogP contribution in [0.4, 0.5) is 0 Å². The number of ketones is 2. The van der Waals surface area contributed by atoms with Gasteiger partial charge < -0.3 is 48.4 Å². The number of carboxylic acids is 1. The van der Waals surface area contributed by atoms with Crippen LogP contribution in [-0.2, 0) is 60.3 Å². The Labute approximate surface area is 436 Å². The summed E-state index contributed by atoms with van der Waals surface area (Å²) in [7, 11) is 4.11. The van der Waals surface area contributed by atoms with Crippen molar-refractivity contribution in [3.05, 3.63) is 147 Å². The van der Waals surface area contributed by atoms with Crippen LogP contribution < -0.4 is 11.6 Å². The summed E-state index contributed by atoms with van der Waals surface area (Å²) in [6.45, 7) is 0. The fourth-order valence-electron chi connectivity index (χ4n) is 7.78. The number of methoxy groups -OCH3 is 3. The molecule has 4 aliphatic rings. The molecule has 0 heterocycles. The Morgan fingerprint density at radius 3 is 1.33 bits per heavy atom. The molecule has 0 radical (unpaired) electrons. The predicted octanol–water partition coefficient (Wildman–Crippen LogP) is 8.55. The normalized spacial score (nSPS) is 14.5. The summed E-state index contributed by atoms with van der Waals surface area (Å²) in [6.07, 6.45) is 10.3. The number of esters is 3. The van der Waals surface area contributed by atoms with Crippen molar-refractivity contribution in [1.29, 1.82) is 0 Å². The third kappa shape index (κ3) is 19.0. The number of Topliss-reactive ketones (excluding diaryl/α,β-unsaturated/α-hetero) is 2. The molecule has 4 aromatic rings. The topological polar surface area (TPSA) is 287 Å². The monoisotopic (exact) mass is 1110 g/mol. The molecule has 0 amide bonds. The molecule has 8 rings (SSSR count). The Balaban J connectivity index is -0.000000390. The van der Waals surface area contributed by atoms with Gasteiger partial charge in [0.1, 0.15) is 0 Å². The molecule has 69 heavy (non-hydrogen) atoms. The summed E-state index contributed by atoms with van der Waals surface area (Å²) in [4.78, 5) is 67.6. The van der Waals surface area contributed by atoms with E-state index < -0.39 is 5.97 Å². The molecule has 0 saturated carbocycles. The number of ether oxygens (including phenoxy) is 3. The number of rotatable bonds is 4. The van der Waals surface area contributed by atoms with Crippen molar-refractivity contribution in [1.82, 2.24) is 0 Å². The number of hydrogen-bond acceptors (Lipinski definition) is 14. The van der Waals surface area contributed by atoms with Gasteiger partial charge in [0.15, 0.2) is 11.6 Å². The second-order valence-corrected chi connectivity index (χ2v) is 14.8. The number of carboxylic acid groups (broad SMARTS) is 1. The molecule has 4 aromatic carbocycles. The van der Waals surface area contributed by atoms with E-state index in [0.717, 1.165) is 92.0 Å². The molecule has 0 aromatic heterocycles. The first kappa shape index (κ1) is 70.5. The first-order valence-corrected chi connectivity index (χ1v) is 20.2. The Morgan fingerprint density at radius 2 is 0.913 bits per heavy atom. The maximum Gasteiger partial charge on any atom is 0.337 e. The molecule has 386 valence electrons. The average Bonchev–Trinajstić information content (AvgIpc) is 3.31. The number of carbonyl (C=O) groups excluding carboxylic acids is 5. The number of benzene rings is 4. The Bertz CT molecular complexity index is 2350. The van der Waals surface area contributed by atoms with E-state index in [1.807, 2.05) is 24.3 Å². The van der Waals surface area contributed by atoms with Crippen molar-refractivity contribution in [2.75, 3.05) is 21.3 Å². The number of hydrogen-bond donors (Lipinski definition) is 5. The maximum absolute atomic E-state index is 11.5. The van der Waals surface area contributed by atoms with Crippen molar-refractivity contribution in [3.8, 4) is 0 Å². The number of aromatic carboxylic acids is 1. The second-order valence-electron chi connectivity index (χ2n) is 14.8. The largest absolute Gasteiger partial charge is 0.478 e. The minimum atomic E-state index is -0.939. The van der Waals surface area contributed by atoms with E-state index in [2.05, 4.69) is 25.3 Å². The quantitative estimate of drug-likeness (QED) is 0.0320. The molecule has 0 aliphatic heterocycles. The molecule has 9 N–H and O–H groups in total. The molecule has 0 saturated heterocycles. The first-order chi connectivity index (χ1) is 29.9. The van der Waals surface area contributed by atoms with Gasteiger partial charge in [0.05, 0.1) is 49.3 Å². The fraction of sp³-hybridized carbons (Fsp3) is 0.347. The Kier molecular flexibility index (Phi) is 35.9. The predicted molar refractivity (Wildman–Crippen MR) is 267 cm³/mol. The van der Waals surface area contributed by atoms with Crippen LogP contribution in [-0.4, -0.2) is 83.5 Å². The molecular weight excluding hydrogens is 1050 g/mol. The van der Waals surface area contributed by atoms with Gasteiger partial charge in [-0.05, 0) is 141 Å². The molecule has 1 unspecified atom stereocenters. The number of nitrogens with zero attached hydrogens (tertiary/aromatic N) is 1. The number of nitrogens with two attached hydrogens (primary N) is 2. The Hall–Kier alpha value is -5.06. The van der Waals surface area contributed by atoms with Gasteiger partial charge in [0.25, 0.3) is 0 Å². The van der Waals surface area contributed by atoms with Crippen LogP contribution in [0.2, 0.25) is 0 Å². The van der Waals surface area contributed by atoms with E-state index in [4.69, 9.17) is 21.3 Å². The van der Waals surface area contributed by atoms with Crippen LogP contribution in [0, 0.1) is 7.43 Å². The zero-order valence-corrected chi connectivity index (χ0v) is 42.2. The summed E-state index contributed by atoms with van der Waals surface area (Å²) in [5.74, 6) is 1.89. The van der Waals surface area contributed by atoms with Gasteiger partial charge in [0, 0.05) is 56.0 Å². The zero-order chi connectivity index (χ0) is 45.3. The zero-order valence-electron chi connectivity index (χ0n) is 38.1. The van der Waals surface area contributed by atoms with Crippen molar-refractivity contribution >= 4 is 78.4 Å². The van der Waals surface area contributed by atoms with Crippen LogP contribution >= 0.6 is 37.2 Å². The van der Waals surface area contributed by atoms with E-state index in [-0.39, 0.29) is 119 Å². The number of aryl methyl sites for hydroxylation is 4. The third-order valence-electron chi connectivity index (χ3n) is 10.9. The minimum absolute atomic E-state index is 0. The van der Waals surface area contributed by atoms with Crippen molar-refractivity contribution in [2.24, 2.45) is 16.8 Å². The molecule has 0 bridgehead atoms. The minimum Gasteiger partial charge on any atom is -0.478 e. The van der Waals surface area contributed by atoms with Crippen molar-refractivity contribution in [3.63, 3.8) is 0 Å². The van der Waals surface area contributed by atoms with Crippen LogP contribution in [0.5, 0.6) is 0 Å². The summed E-state index contributed by atoms with van der Waals surface area (Å²) >= 11 is 0.